The Morgan fingerprint density at radius 2 is 1.89 bits per heavy atom. The first kappa shape index (κ1) is 27.9. The van der Waals surface area contributed by atoms with Gasteiger partial charge in [-0.05, 0) is 38.9 Å². The molecule has 2 aromatic heterocycles. The van der Waals surface area contributed by atoms with Gasteiger partial charge < -0.3 is 34.5 Å². The number of hydrogen-bond donors (Lipinski definition) is 5. The molecule has 1 aliphatic rings. The number of pyridine rings is 1. The molecule has 0 radical (unpaired) electrons. The van der Waals surface area contributed by atoms with E-state index in [9.17, 15) is 38.4 Å². The maximum absolute atomic E-state index is 14.3. The quantitative estimate of drug-likeness (QED) is 0.248. The molecule has 3 rings (SSSR count). The molecular formula is C20H28F2N3O8PS. The van der Waals surface area contributed by atoms with Crippen LogP contribution in [0.4, 0.5) is 8.78 Å². The summed E-state index contributed by atoms with van der Waals surface area (Å²) >= 11 is 5.14. The lowest BCUT2D eigenvalue weighted by atomic mass is 9.93. The SMILES string of the molecule is CCC(C)(C[C@H]1O[C@@H](n2cc3c(F)c(F)c(=O)[nH]c3nc2=S)[C@@H](O)C1O)OP(=O)(O)C(C)(O)CC. The summed E-state index contributed by atoms with van der Waals surface area (Å²) in [7, 11) is -4.53. The van der Waals surface area contributed by atoms with Gasteiger partial charge in [0.25, 0.3) is 5.56 Å². The minimum atomic E-state index is -4.53. The molecule has 0 saturated carbocycles. The predicted molar refractivity (Wildman–Crippen MR) is 122 cm³/mol. The fraction of sp³-hybridized carbons (Fsp3) is 0.650. The standard InChI is InChI=1S/C20H28F2N3O8PS/c1-5-19(3,33-34(30,31)20(4,29)6-2)7-10-13(26)14(27)17(32-10)25-8-9-11(21)12(22)16(28)23-15(9)24-18(25)35/h8,10,13-14,17,26-27,29H,5-7H2,1-4H3,(H,30,31)(H,23,24,28,35)/t10-,13?,14+,17-,19?,20?/m1/s1. The number of aromatic nitrogens is 3. The third-order valence-electron chi connectivity index (χ3n) is 6.43. The van der Waals surface area contributed by atoms with Crippen LogP contribution in [0.3, 0.4) is 0 Å². The van der Waals surface area contributed by atoms with Crippen LogP contribution in [0.1, 0.15) is 53.2 Å². The Bertz CT molecular complexity index is 1290. The fourth-order valence-corrected chi connectivity index (χ4v) is 5.33. The van der Waals surface area contributed by atoms with Gasteiger partial charge in [-0.15, -0.1) is 0 Å². The van der Waals surface area contributed by atoms with Gasteiger partial charge in [0.1, 0.15) is 17.9 Å². The summed E-state index contributed by atoms with van der Waals surface area (Å²) in [5, 5.41) is 29.1. The Balaban J connectivity index is 1.93. The van der Waals surface area contributed by atoms with Gasteiger partial charge in [-0.2, -0.15) is 4.39 Å². The van der Waals surface area contributed by atoms with E-state index in [2.05, 4.69) is 9.97 Å². The predicted octanol–water partition coefficient (Wildman–Crippen LogP) is 2.23. The molecule has 11 nitrogen and oxygen atoms in total. The van der Waals surface area contributed by atoms with Crippen molar-refractivity contribution in [3.05, 3.63) is 33.0 Å². The third-order valence-corrected chi connectivity index (χ3v) is 8.95. The lowest BCUT2D eigenvalue weighted by Gasteiger charge is -2.37. The summed E-state index contributed by atoms with van der Waals surface area (Å²) in [4.78, 5) is 27.7. The van der Waals surface area contributed by atoms with Crippen molar-refractivity contribution in [3.8, 4) is 0 Å². The van der Waals surface area contributed by atoms with Crippen molar-refractivity contribution in [2.24, 2.45) is 0 Å². The Morgan fingerprint density at radius 3 is 2.46 bits per heavy atom. The second-order valence-corrected chi connectivity index (χ2v) is 11.6. The molecule has 3 heterocycles. The highest BCUT2D eigenvalue weighted by Crippen LogP contribution is 2.59. The number of nitrogens with zero attached hydrogens (tertiary/aromatic N) is 2. The fourth-order valence-electron chi connectivity index (χ4n) is 3.68. The summed E-state index contributed by atoms with van der Waals surface area (Å²) in [6.07, 6.45) is -4.68. The Morgan fingerprint density at radius 1 is 1.26 bits per heavy atom. The molecule has 0 aromatic carbocycles. The van der Waals surface area contributed by atoms with Crippen LogP contribution < -0.4 is 5.56 Å². The number of aliphatic hydroxyl groups excluding tert-OH is 2. The highest BCUT2D eigenvalue weighted by molar-refractivity contribution is 7.71. The number of rotatable bonds is 8. The number of H-pyrrole nitrogens is 1. The zero-order chi connectivity index (χ0) is 26.5. The second kappa shape index (κ2) is 9.67. The van der Waals surface area contributed by atoms with Crippen LogP contribution in [0.15, 0.2) is 11.0 Å². The monoisotopic (exact) mass is 539 g/mol. The summed E-state index contributed by atoms with van der Waals surface area (Å²) in [5.41, 5.74) is -2.99. The Kier molecular flexibility index (Phi) is 7.72. The van der Waals surface area contributed by atoms with Gasteiger partial charge in [-0.25, -0.2) is 9.37 Å². The number of fused-ring (bicyclic) bond motifs is 1. The molecule has 1 aliphatic heterocycles. The average Bonchev–Trinajstić information content (AvgIpc) is 3.04. The molecule has 0 bridgehead atoms. The summed E-state index contributed by atoms with van der Waals surface area (Å²) in [6, 6.07) is 0. The molecule has 4 unspecified atom stereocenters. The molecule has 196 valence electrons. The topological polar surface area (TPSA) is 167 Å². The molecule has 1 saturated heterocycles. The average molecular weight is 539 g/mol. The van der Waals surface area contributed by atoms with E-state index in [-0.39, 0.29) is 29.7 Å². The van der Waals surface area contributed by atoms with E-state index >= 15 is 0 Å². The molecule has 1 fully saturated rings. The van der Waals surface area contributed by atoms with Crippen LogP contribution in [-0.2, 0) is 13.8 Å². The minimum Gasteiger partial charge on any atom is -0.388 e. The highest BCUT2D eigenvalue weighted by Gasteiger charge is 2.50. The van der Waals surface area contributed by atoms with Crippen LogP contribution >= 0.6 is 19.8 Å². The molecule has 5 N–H and O–H groups in total. The van der Waals surface area contributed by atoms with Gasteiger partial charge in [0.05, 0.1) is 17.1 Å². The van der Waals surface area contributed by atoms with Crippen LogP contribution in [0.25, 0.3) is 11.0 Å². The third kappa shape index (κ3) is 5.12. The normalized spacial score (nSPS) is 27.9. The van der Waals surface area contributed by atoms with Crippen molar-refractivity contribution >= 4 is 30.8 Å². The maximum atomic E-state index is 14.3. The second-order valence-electron chi connectivity index (χ2n) is 9.01. The van der Waals surface area contributed by atoms with E-state index in [0.29, 0.717) is 0 Å². The number of nitrogens with one attached hydrogen (secondary N) is 1. The van der Waals surface area contributed by atoms with Crippen molar-refractivity contribution in [2.45, 2.75) is 82.4 Å². The number of hydrogen-bond acceptors (Lipinski definition) is 9. The largest absolute Gasteiger partial charge is 0.388 e. The van der Waals surface area contributed by atoms with Crippen LogP contribution in [-0.4, -0.2) is 64.0 Å². The first-order valence-corrected chi connectivity index (χ1v) is 12.8. The number of halogens is 2. The molecule has 0 spiro atoms. The smallest absolute Gasteiger partial charge is 0.359 e. The van der Waals surface area contributed by atoms with Crippen molar-refractivity contribution in [2.75, 3.05) is 0 Å². The summed E-state index contributed by atoms with van der Waals surface area (Å²) in [5.74, 6) is -3.13. The van der Waals surface area contributed by atoms with Crippen LogP contribution in [0, 0.1) is 16.4 Å². The van der Waals surface area contributed by atoms with E-state index in [4.69, 9.17) is 21.5 Å². The lowest BCUT2D eigenvalue weighted by Crippen LogP contribution is -2.40. The molecule has 35 heavy (non-hydrogen) atoms. The lowest BCUT2D eigenvalue weighted by molar-refractivity contribution is -0.0707. The minimum absolute atomic E-state index is 0.0560. The molecule has 7 atom stereocenters. The van der Waals surface area contributed by atoms with Crippen molar-refractivity contribution in [3.63, 3.8) is 0 Å². The van der Waals surface area contributed by atoms with Crippen LogP contribution in [0.5, 0.6) is 0 Å². The first-order chi connectivity index (χ1) is 16.1. The van der Waals surface area contributed by atoms with E-state index in [1.807, 2.05) is 0 Å². The molecular weight excluding hydrogens is 511 g/mol. The molecule has 15 heteroatoms. The maximum Gasteiger partial charge on any atom is 0.359 e. The zero-order valence-electron chi connectivity index (χ0n) is 19.4. The van der Waals surface area contributed by atoms with Gasteiger partial charge in [0, 0.05) is 12.6 Å². The van der Waals surface area contributed by atoms with Crippen molar-refractivity contribution < 1.29 is 42.8 Å². The molecule has 2 aromatic rings. The number of aliphatic hydroxyl groups is 3. The van der Waals surface area contributed by atoms with E-state index in [1.54, 1.807) is 6.92 Å². The van der Waals surface area contributed by atoms with Crippen molar-refractivity contribution in [1.82, 2.24) is 14.5 Å². The highest BCUT2D eigenvalue weighted by atomic mass is 32.1. The van der Waals surface area contributed by atoms with Crippen molar-refractivity contribution in [1.29, 1.82) is 0 Å². The van der Waals surface area contributed by atoms with E-state index < -0.39 is 65.7 Å². The summed E-state index contributed by atoms with van der Waals surface area (Å²) in [6.45, 7) is 5.85. The Labute approximate surface area is 203 Å². The molecule has 0 aliphatic carbocycles. The van der Waals surface area contributed by atoms with E-state index in [0.717, 1.165) is 10.8 Å². The van der Waals surface area contributed by atoms with Gasteiger partial charge in [0.15, 0.2) is 17.4 Å². The zero-order valence-corrected chi connectivity index (χ0v) is 21.1. The first-order valence-electron chi connectivity index (χ1n) is 10.8. The van der Waals surface area contributed by atoms with Gasteiger partial charge in [-0.3, -0.25) is 13.9 Å². The van der Waals surface area contributed by atoms with E-state index in [1.165, 1.54) is 20.8 Å². The summed E-state index contributed by atoms with van der Waals surface area (Å²) < 4.78 is 52.8. The Hall–Kier alpha value is -1.64. The van der Waals surface area contributed by atoms with Gasteiger partial charge >= 0.3 is 7.60 Å². The molecule has 0 amide bonds. The van der Waals surface area contributed by atoms with Gasteiger partial charge in [0.2, 0.25) is 10.6 Å². The van der Waals surface area contributed by atoms with Gasteiger partial charge in [-0.1, -0.05) is 13.8 Å². The number of aromatic amines is 1. The van der Waals surface area contributed by atoms with Crippen LogP contribution in [0.2, 0.25) is 0 Å². The number of ether oxygens (including phenoxy) is 1.